The minimum Gasteiger partial charge on any atom is -0.393 e. The summed E-state index contributed by atoms with van der Waals surface area (Å²) in [4.78, 5) is 11.7. The Morgan fingerprint density at radius 1 is 0.784 bits per heavy atom. The van der Waals surface area contributed by atoms with Gasteiger partial charge in [-0.3, -0.25) is 14.3 Å². The lowest BCUT2D eigenvalue weighted by molar-refractivity contribution is 0.0360. The van der Waals surface area contributed by atoms with Crippen molar-refractivity contribution >= 4 is 0 Å². The second kappa shape index (κ2) is 10.9. The van der Waals surface area contributed by atoms with E-state index in [0.29, 0.717) is 11.9 Å². The fourth-order valence-electron chi connectivity index (χ4n) is 5.18. The average Bonchev–Trinajstić information content (AvgIpc) is 3.64. The highest BCUT2D eigenvalue weighted by molar-refractivity contribution is 5.70. The number of benzene rings is 1. The summed E-state index contributed by atoms with van der Waals surface area (Å²) in [5.41, 5.74) is 5.12. The van der Waals surface area contributed by atoms with Gasteiger partial charge in [0.25, 0.3) is 0 Å². The van der Waals surface area contributed by atoms with Gasteiger partial charge in [0.1, 0.15) is 0 Å². The van der Waals surface area contributed by atoms with Crippen molar-refractivity contribution < 1.29 is 9.84 Å². The number of ether oxygens (including phenoxy) is 1. The van der Waals surface area contributed by atoms with Crippen LogP contribution in [0.15, 0.2) is 61.4 Å². The predicted molar refractivity (Wildman–Crippen MR) is 141 cm³/mol. The molecule has 1 aromatic carbocycles. The molecule has 1 aliphatic heterocycles. The van der Waals surface area contributed by atoms with Crippen molar-refractivity contribution in [3.8, 4) is 33.6 Å². The third-order valence-electron chi connectivity index (χ3n) is 7.46. The molecule has 1 saturated carbocycles. The van der Waals surface area contributed by atoms with Crippen LogP contribution in [0, 0.1) is 0 Å². The first-order valence-electron chi connectivity index (χ1n) is 13.2. The lowest BCUT2D eigenvalue weighted by Crippen LogP contribution is -2.38. The predicted octanol–water partition coefficient (Wildman–Crippen LogP) is 3.68. The van der Waals surface area contributed by atoms with Crippen LogP contribution in [0.5, 0.6) is 0 Å². The lowest BCUT2D eigenvalue weighted by atomic mass is 9.93. The maximum absolute atomic E-state index is 9.77. The highest BCUT2D eigenvalue weighted by Crippen LogP contribution is 2.30. The van der Waals surface area contributed by atoms with Gasteiger partial charge in [-0.2, -0.15) is 10.2 Å². The van der Waals surface area contributed by atoms with E-state index >= 15 is 0 Å². The Morgan fingerprint density at radius 2 is 1.51 bits per heavy atom. The van der Waals surface area contributed by atoms with Crippen LogP contribution in [0.4, 0.5) is 0 Å². The first kappa shape index (κ1) is 24.0. The van der Waals surface area contributed by atoms with E-state index < -0.39 is 0 Å². The monoisotopic (exact) mass is 499 g/mol. The van der Waals surface area contributed by atoms with E-state index in [1.54, 1.807) is 0 Å². The molecular formula is C28H33N7O2. The number of hydrogen-bond acceptors (Lipinski definition) is 7. The van der Waals surface area contributed by atoms with Crippen molar-refractivity contribution in [1.82, 2.24) is 34.4 Å². The average molecular weight is 500 g/mol. The smallest absolute Gasteiger partial charge is 0.159 e. The van der Waals surface area contributed by atoms with Crippen molar-refractivity contribution in [1.29, 1.82) is 0 Å². The molecule has 3 aromatic heterocycles. The van der Waals surface area contributed by atoms with Gasteiger partial charge in [-0.05, 0) is 37.3 Å². The van der Waals surface area contributed by atoms with Crippen molar-refractivity contribution in [3.63, 3.8) is 0 Å². The van der Waals surface area contributed by atoms with Crippen LogP contribution in [-0.2, 0) is 11.3 Å². The standard InChI is InChI=1S/C28H33N7O2/c36-27-6-4-26(5-7-27)35-20-25(18-32-35)23-15-29-28(30-16-23)22-3-1-2-21(14-22)24-17-31-34(19-24)9-8-33-10-12-37-13-11-33/h1-3,14-20,26-27,36H,4-13H2/t26-,27-. The Balaban J connectivity index is 1.12. The first-order valence-corrected chi connectivity index (χ1v) is 13.2. The van der Waals surface area contributed by atoms with Crippen molar-refractivity contribution in [3.05, 3.63) is 61.4 Å². The van der Waals surface area contributed by atoms with E-state index in [-0.39, 0.29) is 6.10 Å². The molecule has 0 unspecified atom stereocenters. The lowest BCUT2D eigenvalue weighted by Gasteiger charge is -2.26. The molecule has 0 spiro atoms. The molecule has 0 radical (unpaired) electrons. The molecule has 192 valence electrons. The summed E-state index contributed by atoms with van der Waals surface area (Å²) in [6.45, 7) is 5.45. The maximum Gasteiger partial charge on any atom is 0.159 e. The highest BCUT2D eigenvalue weighted by Gasteiger charge is 2.21. The molecule has 4 heterocycles. The van der Waals surface area contributed by atoms with Crippen LogP contribution in [0.25, 0.3) is 33.6 Å². The Hall–Kier alpha value is -3.40. The van der Waals surface area contributed by atoms with Crippen LogP contribution >= 0.6 is 0 Å². The quantitative estimate of drug-likeness (QED) is 0.415. The molecule has 0 bridgehead atoms. The van der Waals surface area contributed by atoms with E-state index in [4.69, 9.17) is 4.74 Å². The molecule has 1 aliphatic carbocycles. The Morgan fingerprint density at radius 3 is 2.32 bits per heavy atom. The Labute approximate surface area is 216 Å². The summed E-state index contributed by atoms with van der Waals surface area (Å²) in [6, 6.07) is 8.65. The van der Waals surface area contributed by atoms with Gasteiger partial charge in [0.15, 0.2) is 5.82 Å². The van der Waals surface area contributed by atoms with E-state index in [9.17, 15) is 5.11 Å². The minimum atomic E-state index is -0.165. The number of hydrogen-bond donors (Lipinski definition) is 1. The van der Waals surface area contributed by atoms with E-state index in [1.807, 2.05) is 46.3 Å². The zero-order valence-corrected chi connectivity index (χ0v) is 21.0. The fourth-order valence-corrected chi connectivity index (χ4v) is 5.18. The molecular weight excluding hydrogens is 466 g/mol. The third kappa shape index (κ3) is 5.64. The fraction of sp³-hybridized carbons (Fsp3) is 0.429. The molecule has 2 aliphatic rings. The topological polar surface area (TPSA) is 94.1 Å². The minimum absolute atomic E-state index is 0.165. The van der Waals surface area contributed by atoms with Gasteiger partial charge in [-0.25, -0.2) is 9.97 Å². The normalized spacial score (nSPS) is 20.8. The molecule has 2 fully saturated rings. The van der Waals surface area contributed by atoms with Gasteiger partial charge < -0.3 is 9.84 Å². The molecule has 1 saturated heterocycles. The SMILES string of the molecule is O[C@H]1CC[C@H](n2cc(-c3cnc(-c4cccc(-c5cnn(CCN6CCOCC6)c5)c4)nc3)cn2)CC1. The Kier molecular flexibility index (Phi) is 7.07. The molecule has 0 atom stereocenters. The summed E-state index contributed by atoms with van der Waals surface area (Å²) in [5, 5.41) is 18.9. The van der Waals surface area contributed by atoms with Gasteiger partial charge in [0, 0.05) is 66.7 Å². The zero-order chi connectivity index (χ0) is 25.0. The number of nitrogens with zero attached hydrogens (tertiary/aromatic N) is 7. The summed E-state index contributed by atoms with van der Waals surface area (Å²) >= 11 is 0. The van der Waals surface area contributed by atoms with Crippen LogP contribution < -0.4 is 0 Å². The second-order valence-corrected chi connectivity index (χ2v) is 9.99. The molecule has 6 rings (SSSR count). The van der Waals surface area contributed by atoms with E-state index in [1.165, 1.54) is 0 Å². The van der Waals surface area contributed by atoms with Crippen LogP contribution in [0.1, 0.15) is 31.7 Å². The van der Waals surface area contributed by atoms with Gasteiger partial charge in [-0.15, -0.1) is 0 Å². The Bertz CT molecular complexity index is 1300. The number of morpholine rings is 1. The molecule has 4 aromatic rings. The zero-order valence-electron chi connectivity index (χ0n) is 21.0. The maximum atomic E-state index is 9.77. The first-order chi connectivity index (χ1) is 18.2. The van der Waals surface area contributed by atoms with Crippen LogP contribution in [0.2, 0.25) is 0 Å². The van der Waals surface area contributed by atoms with Crippen molar-refractivity contribution in [2.75, 3.05) is 32.8 Å². The van der Waals surface area contributed by atoms with Gasteiger partial charge >= 0.3 is 0 Å². The number of aliphatic hydroxyl groups is 1. The van der Waals surface area contributed by atoms with Gasteiger partial charge in [0.05, 0.1) is 44.3 Å². The van der Waals surface area contributed by atoms with Crippen LogP contribution in [0.3, 0.4) is 0 Å². The van der Waals surface area contributed by atoms with Crippen LogP contribution in [-0.4, -0.2) is 78.5 Å². The number of aliphatic hydroxyl groups excluding tert-OH is 1. The summed E-state index contributed by atoms with van der Waals surface area (Å²) in [7, 11) is 0. The number of rotatable bonds is 7. The molecule has 37 heavy (non-hydrogen) atoms. The summed E-state index contributed by atoms with van der Waals surface area (Å²) in [5.74, 6) is 0.693. The van der Waals surface area contributed by atoms with E-state index in [2.05, 4.69) is 49.6 Å². The second-order valence-electron chi connectivity index (χ2n) is 9.99. The molecule has 1 N–H and O–H groups in total. The summed E-state index contributed by atoms with van der Waals surface area (Å²) < 4.78 is 9.47. The van der Waals surface area contributed by atoms with Gasteiger partial charge in [-0.1, -0.05) is 18.2 Å². The summed E-state index contributed by atoms with van der Waals surface area (Å²) in [6.07, 6.45) is 15.1. The third-order valence-corrected chi connectivity index (χ3v) is 7.46. The van der Waals surface area contributed by atoms with Crippen molar-refractivity contribution in [2.45, 2.75) is 44.4 Å². The largest absolute Gasteiger partial charge is 0.393 e. The number of aromatic nitrogens is 6. The molecule has 9 heteroatoms. The van der Waals surface area contributed by atoms with Crippen molar-refractivity contribution in [2.24, 2.45) is 0 Å². The molecule has 0 amide bonds. The van der Waals surface area contributed by atoms with Gasteiger partial charge in [0.2, 0.25) is 0 Å². The molecule has 9 nitrogen and oxygen atoms in total. The highest BCUT2D eigenvalue weighted by atomic mass is 16.5. The van der Waals surface area contributed by atoms with E-state index in [0.717, 1.165) is 92.9 Å².